The molecule has 0 aliphatic heterocycles. The summed E-state index contributed by atoms with van der Waals surface area (Å²) in [6, 6.07) is 5.95. The van der Waals surface area contributed by atoms with Gasteiger partial charge >= 0.3 is 5.97 Å². The van der Waals surface area contributed by atoms with E-state index in [0.717, 1.165) is 0 Å². The van der Waals surface area contributed by atoms with Gasteiger partial charge in [0, 0.05) is 4.47 Å². The maximum Gasteiger partial charge on any atom is 0.335 e. The second kappa shape index (κ2) is 5.28. The molecule has 0 aliphatic rings. The van der Waals surface area contributed by atoms with Gasteiger partial charge in [-0.1, -0.05) is 0 Å². The lowest BCUT2D eigenvalue weighted by atomic mass is 10.2. The van der Waals surface area contributed by atoms with Crippen molar-refractivity contribution in [2.24, 2.45) is 0 Å². The van der Waals surface area contributed by atoms with Gasteiger partial charge in [0.15, 0.2) is 0 Å². The lowest BCUT2D eigenvalue weighted by Gasteiger charge is -2.06. The van der Waals surface area contributed by atoms with E-state index in [0.29, 0.717) is 10.2 Å². The van der Waals surface area contributed by atoms with Crippen LogP contribution >= 0.6 is 15.9 Å². The third-order valence-corrected chi connectivity index (χ3v) is 2.42. The Morgan fingerprint density at radius 2 is 2.19 bits per heavy atom. The van der Waals surface area contributed by atoms with E-state index in [1.165, 1.54) is 18.2 Å². The zero-order valence-electron chi connectivity index (χ0n) is 8.03. The lowest BCUT2D eigenvalue weighted by Crippen LogP contribution is -2.11. The number of hydrogen-bond donors (Lipinski definition) is 2. The number of halogens is 1. The molecule has 82 valence electrons. The van der Waals surface area contributed by atoms with Gasteiger partial charge in [-0.05, 0) is 34.1 Å². The Labute approximate surface area is 99.8 Å². The molecular formula is C10H7BrN2O3. The van der Waals surface area contributed by atoms with Gasteiger partial charge in [0.1, 0.15) is 6.42 Å². The fourth-order valence-electron chi connectivity index (χ4n) is 1.02. The zero-order chi connectivity index (χ0) is 12.1. The van der Waals surface area contributed by atoms with Crippen LogP contribution in [0.1, 0.15) is 16.8 Å². The number of anilines is 1. The van der Waals surface area contributed by atoms with E-state index in [4.69, 9.17) is 10.4 Å². The minimum Gasteiger partial charge on any atom is -0.478 e. The molecule has 1 aromatic rings. The quantitative estimate of drug-likeness (QED) is 0.887. The minimum absolute atomic E-state index is 0.0652. The van der Waals surface area contributed by atoms with Crippen LogP contribution in [0.5, 0.6) is 0 Å². The van der Waals surface area contributed by atoms with Crippen molar-refractivity contribution in [3.05, 3.63) is 28.2 Å². The first-order chi connectivity index (χ1) is 7.54. The third-order valence-electron chi connectivity index (χ3n) is 1.73. The monoisotopic (exact) mass is 282 g/mol. The number of carbonyl (C=O) groups excluding carboxylic acids is 1. The Hall–Kier alpha value is -1.87. The highest BCUT2D eigenvalue weighted by atomic mass is 79.9. The maximum absolute atomic E-state index is 11.1. The largest absolute Gasteiger partial charge is 0.478 e. The summed E-state index contributed by atoms with van der Waals surface area (Å²) < 4.78 is 0.559. The van der Waals surface area contributed by atoms with Gasteiger partial charge in [0.25, 0.3) is 0 Å². The number of nitriles is 1. The van der Waals surface area contributed by atoms with Crippen molar-refractivity contribution in [2.45, 2.75) is 6.42 Å². The molecule has 0 aromatic heterocycles. The number of carboxylic acids is 1. The first-order valence-electron chi connectivity index (χ1n) is 4.24. The van der Waals surface area contributed by atoms with Crippen LogP contribution < -0.4 is 5.32 Å². The van der Waals surface area contributed by atoms with Gasteiger partial charge in [-0.15, -0.1) is 0 Å². The summed E-state index contributed by atoms with van der Waals surface area (Å²) in [4.78, 5) is 21.8. The molecule has 0 saturated carbocycles. The van der Waals surface area contributed by atoms with Crippen molar-refractivity contribution >= 4 is 33.5 Å². The Morgan fingerprint density at radius 3 is 2.75 bits per heavy atom. The number of nitrogens with zero attached hydrogens (tertiary/aromatic N) is 1. The van der Waals surface area contributed by atoms with E-state index in [9.17, 15) is 9.59 Å². The average Bonchev–Trinajstić information content (AvgIpc) is 2.21. The third kappa shape index (κ3) is 3.07. The van der Waals surface area contributed by atoms with E-state index in [2.05, 4.69) is 21.2 Å². The maximum atomic E-state index is 11.1. The van der Waals surface area contributed by atoms with Crippen molar-refractivity contribution < 1.29 is 14.7 Å². The fourth-order valence-corrected chi connectivity index (χ4v) is 1.37. The molecule has 1 rings (SSSR count). The number of amides is 1. The SMILES string of the molecule is N#CCC(=O)Nc1cc(C(=O)O)ccc1Br. The Morgan fingerprint density at radius 1 is 1.50 bits per heavy atom. The van der Waals surface area contributed by atoms with Crippen LogP contribution in [0.4, 0.5) is 5.69 Å². The average molecular weight is 283 g/mol. The van der Waals surface area contributed by atoms with Gasteiger partial charge in [0.2, 0.25) is 5.91 Å². The standard InChI is InChI=1S/C10H7BrN2O3/c11-7-2-1-6(10(15)16)5-8(7)13-9(14)3-4-12/h1-2,5H,3H2,(H,13,14)(H,15,16). The molecule has 1 amide bonds. The topological polar surface area (TPSA) is 90.2 Å². The molecule has 0 saturated heterocycles. The zero-order valence-corrected chi connectivity index (χ0v) is 9.61. The van der Waals surface area contributed by atoms with E-state index in [1.807, 2.05) is 0 Å². The molecule has 0 radical (unpaired) electrons. The molecule has 0 bridgehead atoms. The molecule has 0 heterocycles. The number of nitrogens with one attached hydrogen (secondary N) is 1. The Balaban J connectivity index is 2.95. The second-order valence-corrected chi connectivity index (χ2v) is 3.74. The number of rotatable bonds is 3. The molecule has 2 N–H and O–H groups in total. The summed E-state index contributed by atoms with van der Waals surface area (Å²) >= 11 is 3.17. The summed E-state index contributed by atoms with van der Waals surface area (Å²) in [7, 11) is 0. The normalized spacial score (nSPS) is 9.25. The smallest absolute Gasteiger partial charge is 0.335 e. The van der Waals surface area contributed by atoms with Crippen LogP contribution in [-0.2, 0) is 4.79 Å². The highest BCUT2D eigenvalue weighted by Crippen LogP contribution is 2.23. The highest BCUT2D eigenvalue weighted by molar-refractivity contribution is 9.10. The molecule has 16 heavy (non-hydrogen) atoms. The van der Waals surface area contributed by atoms with Crippen LogP contribution in [-0.4, -0.2) is 17.0 Å². The fraction of sp³-hybridized carbons (Fsp3) is 0.100. The lowest BCUT2D eigenvalue weighted by molar-refractivity contribution is -0.115. The van der Waals surface area contributed by atoms with E-state index in [1.54, 1.807) is 6.07 Å². The van der Waals surface area contributed by atoms with Crippen molar-refractivity contribution in [2.75, 3.05) is 5.32 Å². The molecule has 5 nitrogen and oxygen atoms in total. The summed E-state index contributed by atoms with van der Waals surface area (Å²) in [5, 5.41) is 19.5. The van der Waals surface area contributed by atoms with Gasteiger partial charge in [0.05, 0.1) is 17.3 Å². The van der Waals surface area contributed by atoms with Crippen LogP contribution in [0.15, 0.2) is 22.7 Å². The number of aromatic carboxylic acids is 1. The number of benzene rings is 1. The molecule has 0 aliphatic carbocycles. The molecule has 0 fully saturated rings. The molecule has 0 spiro atoms. The van der Waals surface area contributed by atoms with Crippen LogP contribution in [0.25, 0.3) is 0 Å². The van der Waals surface area contributed by atoms with Crippen LogP contribution in [0.3, 0.4) is 0 Å². The highest BCUT2D eigenvalue weighted by Gasteiger charge is 2.09. The first-order valence-corrected chi connectivity index (χ1v) is 5.03. The van der Waals surface area contributed by atoms with Crippen LogP contribution in [0.2, 0.25) is 0 Å². The number of carboxylic acid groups (broad SMARTS) is 1. The van der Waals surface area contributed by atoms with E-state index < -0.39 is 11.9 Å². The Kier molecular flexibility index (Phi) is 4.03. The second-order valence-electron chi connectivity index (χ2n) is 2.88. The summed E-state index contributed by atoms with van der Waals surface area (Å²) in [6.07, 6.45) is -0.274. The van der Waals surface area contributed by atoms with E-state index >= 15 is 0 Å². The van der Waals surface area contributed by atoms with Gasteiger partial charge in [-0.3, -0.25) is 4.79 Å². The van der Waals surface area contributed by atoms with Gasteiger partial charge < -0.3 is 10.4 Å². The molecule has 1 aromatic carbocycles. The van der Waals surface area contributed by atoms with Crippen LogP contribution in [0, 0.1) is 11.3 Å². The predicted octanol–water partition coefficient (Wildman–Crippen LogP) is 2.00. The van der Waals surface area contributed by atoms with E-state index in [-0.39, 0.29) is 12.0 Å². The summed E-state index contributed by atoms with van der Waals surface area (Å²) in [5.41, 5.74) is 0.399. The van der Waals surface area contributed by atoms with Crippen molar-refractivity contribution in [3.8, 4) is 6.07 Å². The summed E-state index contributed by atoms with van der Waals surface area (Å²) in [5.74, 6) is -1.56. The number of carbonyl (C=O) groups is 2. The van der Waals surface area contributed by atoms with Crippen molar-refractivity contribution in [1.82, 2.24) is 0 Å². The van der Waals surface area contributed by atoms with Crippen molar-refractivity contribution in [1.29, 1.82) is 5.26 Å². The molecule has 0 unspecified atom stereocenters. The summed E-state index contributed by atoms with van der Waals surface area (Å²) in [6.45, 7) is 0. The minimum atomic E-state index is -1.08. The molecule has 6 heteroatoms. The van der Waals surface area contributed by atoms with Crippen molar-refractivity contribution in [3.63, 3.8) is 0 Å². The predicted molar refractivity (Wildman–Crippen MR) is 60.0 cm³/mol. The molecular weight excluding hydrogens is 276 g/mol. The van der Waals surface area contributed by atoms with Gasteiger partial charge in [-0.2, -0.15) is 5.26 Å². The first kappa shape index (κ1) is 12.2. The number of hydrogen-bond acceptors (Lipinski definition) is 3. The van der Waals surface area contributed by atoms with Gasteiger partial charge in [-0.25, -0.2) is 4.79 Å². The Bertz CT molecular complexity index is 479. The molecule has 0 atom stereocenters.